The van der Waals surface area contributed by atoms with E-state index in [0.29, 0.717) is 11.3 Å². The Morgan fingerprint density at radius 2 is 2.10 bits per heavy atom. The second-order valence-electron chi connectivity index (χ2n) is 4.61. The molecule has 1 atom stereocenters. The van der Waals surface area contributed by atoms with Crippen molar-refractivity contribution in [1.82, 2.24) is 9.78 Å². The number of aromatic carboxylic acids is 1. The van der Waals surface area contributed by atoms with Crippen molar-refractivity contribution in [3.05, 3.63) is 47.5 Å². The third-order valence-corrected chi connectivity index (χ3v) is 3.05. The smallest absolute Gasteiger partial charge is 0.356 e. The molecule has 6 nitrogen and oxygen atoms in total. The lowest BCUT2D eigenvalue weighted by atomic mass is 10.2. The maximum Gasteiger partial charge on any atom is 0.356 e. The van der Waals surface area contributed by atoms with Gasteiger partial charge in [0.1, 0.15) is 11.9 Å². The van der Waals surface area contributed by atoms with Gasteiger partial charge in [-0.2, -0.15) is 5.10 Å². The quantitative estimate of drug-likeness (QED) is 0.904. The molecule has 2 rings (SSSR count). The van der Waals surface area contributed by atoms with Crippen molar-refractivity contribution in [3.63, 3.8) is 0 Å². The van der Waals surface area contributed by atoms with Crippen molar-refractivity contribution in [2.75, 3.05) is 5.32 Å². The molecular formula is C14H14FN3O3. The number of carbonyl (C=O) groups excluding carboxylic acids is 1. The zero-order chi connectivity index (χ0) is 15.6. The molecule has 1 aromatic heterocycles. The Hall–Kier alpha value is -2.70. The summed E-state index contributed by atoms with van der Waals surface area (Å²) < 4.78 is 14.3. The highest BCUT2D eigenvalue weighted by atomic mass is 19.1. The van der Waals surface area contributed by atoms with E-state index >= 15 is 0 Å². The van der Waals surface area contributed by atoms with Gasteiger partial charge in [-0.05, 0) is 43.7 Å². The molecule has 7 heteroatoms. The first-order valence-electron chi connectivity index (χ1n) is 6.24. The molecule has 0 bridgehead atoms. The zero-order valence-corrected chi connectivity index (χ0v) is 11.5. The van der Waals surface area contributed by atoms with Crippen LogP contribution in [-0.4, -0.2) is 26.8 Å². The largest absolute Gasteiger partial charge is 0.476 e. The predicted molar refractivity (Wildman–Crippen MR) is 73.7 cm³/mol. The topological polar surface area (TPSA) is 84.2 Å². The number of halogens is 1. The molecule has 21 heavy (non-hydrogen) atoms. The van der Waals surface area contributed by atoms with E-state index < -0.39 is 12.0 Å². The fourth-order valence-corrected chi connectivity index (χ4v) is 1.79. The van der Waals surface area contributed by atoms with Gasteiger partial charge in [-0.3, -0.25) is 9.48 Å². The minimum Gasteiger partial charge on any atom is -0.476 e. The third kappa shape index (κ3) is 3.25. The Labute approximate surface area is 120 Å². The van der Waals surface area contributed by atoms with Crippen LogP contribution in [0.2, 0.25) is 0 Å². The first-order chi connectivity index (χ1) is 9.88. The van der Waals surface area contributed by atoms with Crippen molar-refractivity contribution >= 4 is 17.6 Å². The van der Waals surface area contributed by atoms with Crippen LogP contribution in [0.3, 0.4) is 0 Å². The monoisotopic (exact) mass is 291 g/mol. The summed E-state index contributed by atoms with van der Waals surface area (Å²) >= 11 is 0. The van der Waals surface area contributed by atoms with Gasteiger partial charge >= 0.3 is 5.97 Å². The van der Waals surface area contributed by atoms with Crippen LogP contribution in [-0.2, 0) is 4.79 Å². The lowest BCUT2D eigenvalue weighted by Gasteiger charge is -2.14. The van der Waals surface area contributed by atoms with E-state index in [1.807, 2.05) is 0 Å². The van der Waals surface area contributed by atoms with Crippen LogP contribution in [0.5, 0.6) is 0 Å². The lowest BCUT2D eigenvalue weighted by Crippen LogP contribution is -2.24. The molecule has 0 radical (unpaired) electrons. The summed E-state index contributed by atoms with van der Waals surface area (Å²) in [7, 11) is 0. The van der Waals surface area contributed by atoms with Gasteiger partial charge in [0, 0.05) is 11.9 Å². The highest BCUT2D eigenvalue weighted by molar-refractivity contribution is 5.94. The number of aromatic nitrogens is 2. The van der Waals surface area contributed by atoms with Crippen molar-refractivity contribution < 1.29 is 19.1 Å². The molecule has 1 aromatic carbocycles. The standard InChI is InChI=1S/C14H14FN3O3/c1-8-7-10(15)3-4-11(8)16-13(19)9(2)18-6-5-12(17-18)14(20)21/h3-7,9H,1-2H3,(H,16,19)(H,20,21). The van der Waals surface area contributed by atoms with E-state index in [9.17, 15) is 14.0 Å². The zero-order valence-electron chi connectivity index (χ0n) is 11.5. The van der Waals surface area contributed by atoms with Gasteiger partial charge in [0.05, 0.1) is 0 Å². The number of amides is 1. The second-order valence-corrected chi connectivity index (χ2v) is 4.61. The SMILES string of the molecule is Cc1cc(F)ccc1NC(=O)C(C)n1ccc(C(=O)O)n1. The Bertz CT molecular complexity index is 697. The van der Waals surface area contributed by atoms with Crippen molar-refractivity contribution in [2.45, 2.75) is 19.9 Å². The number of carboxylic acid groups (broad SMARTS) is 1. The molecule has 0 aliphatic carbocycles. The number of carbonyl (C=O) groups is 2. The molecule has 0 aliphatic rings. The van der Waals surface area contributed by atoms with Crippen molar-refractivity contribution in [2.24, 2.45) is 0 Å². The lowest BCUT2D eigenvalue weighted by molar-refractivity contribution is -0.119. The van der Waals surface area contributed by atoms with Crippen molar-refractivity contribution in [1.29, 1.82) is 0 Å². The molecule has 0 fully saturated rings. The molecule has 0 aliphatic heterocycles. The first kappa shape index (κ1) is 14.7. The number of hydrogen-bond donors (Lipinski definition) is 2. The van der Waals surface area contributed by atoms with E-state index in [1.165, 1.54) is 35.1 Å². The number of rotatable bonds is 4. The van der Waals surface area contributed by atoms with E-state index in [0.717, 1.165) is 0 Å². The van der Waals surface area contributed by atoms with Gasteiger partial charge in [0.2, 0.25) is 5.91 Å². The van der Waals surface area contributed by atoms with Gasteiger partial charge in [0.15, 0.2) is 5.69 Å². The Morgan fingerprint density at radius 1 is 1.38 bits per heavy atom. The number of anilines is 1. The van der Waals surface area contributed by atoms with Crippen LogP contribution >= 0.6 is 0 Å². The number of hydrogen-bond acceptors (Lipinski definition) is 3. The minimum atomic E-state index is -1.16. The Kier molecular flexibility index (Phi) is 4.02. The molecule has 0 spiro atoms. The van der Waals surface area contributed by atoms with Crippen LogP contribution in [0, 0.1) is 12.7 Å². The van der Waals surface area contributed by atoms with Gasteiger partial charge in [-0.15, -0.1) is 0 Å². The molecule has 1 heterocycles. The van der Waals surface area contributed by atoms with Crippen LogP contribution in [0.4, 0.5) is 10.1 Å². The number of benzene rings is 1. The van der Waals surface area contributed by atoms with Gasteiger partial charge in [-0.25, -0.2) is 9.18 Å². The number of aryl methyl sites for hydroxylation is 1. The summed E-state index contributed by atoms with van der Waals surface area (Å²) in [4.78, 5) is 22.9. The fourth-order valence-electron chi connectivity index (χ4n) is 1.79. The van der Waals surface area contributed by atoms with Crippen LogP contribution in [0.15, 0.2) is 30.5 Å². The number of carboxylic acids is 1. The molecule has 2 N–H and O–H groups in total. The second kappa shape index (κ2) is 5.74. The summed E-state index contributed by atoms with van der Waals surface area (Å²) in [6.07, 6.45) is 1.42. The van der Waals surface area contributed by atoms with Crippen molar-refractivity contribution in [3.8, 4) is 0 Å². The molecule has 0 saturated carbocycles. The molecule has 2 aromatic rings. The third-order valence-electron chi connectivity index (χ3n) is 3.05. The van der Waals surface area contributed by atoms with Gasteiger partial charge in [0.25, 0.3) is 0 Å². The molecule has 0 saturated heterocycles. The number of nitrogens with zero attached hydrogens (tertiary/aromatic N) is 2. The Balaban J connectivity index is 2.13. The molecule has 110 valence electrons. The summed E-state index contributed by atoms with van der Waals surface area (Å²) in [5.74, 6) is -1.91. The highest BCUT2D eigenvalue weighted by Gasteiger charge is 2.18. The summed E-state index contributed by atoms with van der Waals surface area (Å²) in [6, 6.07) is 4.67. The minimum absolute atomic E-state index is 0.132. The van der Waals surface area contributed by atoms with E-state index in [-0.39, 0.29) is 17.4 Å². The average Bonchev–Trinajstić information content (AvgIpc) is 2.90. The first-order valence-corrected chi connectivity index (χ1v) is 6.24. The predicted octanol–water partition coefficient (Wildman–Crippen LogP) is 2.23. The summed E-state index contributed by atoms with van der Waals surface area (Å²) in [6.45, 7) is 3.27. The van der Waals surface area contributed by atoms with Crippen LogP contribution < -0.4 is 5.32 Å². The fraction of sp³-hybridized carbons (Fsp3) is 0.214. The highest BCUT2D eigenvalue weighted by Crippen LogP contribution is 2.17. The molecule has 1 amide bonds. The van der Waals surface area contributed by atoms with E-state index in [1.54, 1.807) is 13.8 Å². The van der Waals surface area contributed by atoms with E-state index in [2.05, 4.69) is 10.4 Å². The Morgan fingerprint density at radius 3 is 2.67 bits per heavy atom. The maximum atomic E-state index is 13.0. The molecule has 1 unspecified atom stereocenters. The van der Waals surface area contributed by atoms with Gasteiger partial charge < -0.3 is 10.4 Å². The van der Waals surface area contributed by atoms with Crippen LogP contribution in [0.1, 0.15) is 29.0 Å². The van der Waals surface area contributed by atoms with Gasteiger partial charge in [-0.1, -0.05) is 0 Å². The van der Waals surface area contributed by atoms with Crippen LogP contribution in [0.25, 0.3) is 0 Å². The summed E-state index contributed by atoms with van der Waals surface area (Å²) in [5.41, 5.74) is 0.966. The maximum absolute atomic E-state index is 13.0. The average molecular weight is 291 g/mol. The van der Waals surface area contributed by atoms with E-state index in [4.69, 9.17) is 5.11 Å². The number of nitrogens with one attached hydrogen (secondary N) is 1. The summed E-state index contributed by atoms with van der Waals surface area (Å²) in [5, 5.41) is 15.3. The molecular weight excluding hydrogens is 277 g/mol. The normalized spacial score (nSPS) is 12.0.